The SMILES string of the molecule is O=C(O)c1c(Br)sc2cncn12. The van der Waals surface area contributed by atoms with Gasteiger partial charge in [0.2, 0.25) is 0 Å². The van der Waals surface area contributed by atoms with Gasteiger partial charge in [-0.15, -0.1) is 11.3 Å². The molecule has 0 aliphatic heterocycles. The number of aromatic carboxylic acids is 1. The number of imidazole rings is 1. The number of fused-ring (bicyclic) bond motifs is 1. The van der Waals surface area contributed by atoms with Crippen LogP contribution in [0.5, 0.6) is 0 Å². The Bertz CT molecular complexity index is 447. The minimum Gasteiger partial charge on any atom is -0.477 e. The Morgan fingerprint density at radius 1 is 1.75 bits per heavy atom. The van der Waals surface area contributed by atoms with Crippen molar-refractivity contribution in [3.63, 3.8) is 0 Å². The molecule has 0 atom stereocenters. The molecule has 0 spiro atoms. The highest BCUT2D eigenvalue weighted by atomic mass is 79.9. The monoisotopic (exact) mass is 246 g/mol. The van der Waals surface area contributed by atoms with Crippen LogP contribution in [0.15, 0.2) is 16.3 Å². The summed E-state index contributed by atoms with van der Waals surface area (Å²) in [7, 11) is 0. The lowest BCUT2D eigenvalue weighted by molar-refractivity contribution is 0.0688. The van der Waals surface area contributed by atoms with Gasteiger partial charge in [-0.3, -0.25) is 4.40 Å². The fraction of sp³-hybridized carbons (Fsp3) is 0. The number of carbonyl (C=O) groups is 1. The van der Waals surface area contributed by atoms with Gasteiger partial charge in [-0.2, -0.15) is 0 Å². The molecule has 0 saturated carbocycles. The fourth-order valence-electron chi connectivity index (χ4n) is 0.948. The van der Waals surface area contributed by atoms with Crippen LogP contribution in [0.1, 0.15) is 10.5 Å². The van der Waals surface area contributed by atoms with Crippen molar-refractivity contribution in [1.29, 1.82) is 0 Å². The first kappa shape index (κ1) is 7.75. The van der Waals surface area contributed by atoms with E-state index in [1.54, 1.807) is 6.20 Å². The maximum absolute atomic E-state index is 10.7. The van der Waals surface area contributed by atoms with Crippen LogP contribution < -0.4 is 0 Å². The van der Waals surface area contributed by atoms with Crippen LogP contribution in [0.25, 0.3) is 4.83 Å². The summed E-state index contributed by atoms with van der Waals surface area (Å²) >= 11 is 4.53. The lowest BCUT2D eigenvalue weighted by atomic mass is 10.5. The molecule has 0 radical (unpaired) electrons. The number of carboxylic acid groups (broad SMARTS) is 1. The number of thiazole rings is 1. The molecule has 12 heavy (non-hydrogen) atoms. The summed E-state index contributed by atoms with van der Waals surface area (Å²) in [5, 5.41) is 8.80. The van der Waals surface area contributed by atoms with E-state index in [1.165, 1.54) is 22.1 Å². The second kappa shape index (κ2) is 2.56. The highest BCUT2D eigenvalue weighted by Gasteiger charge is 2.15. The number of nitrogens with zero attached hydrogens (tertiary/aromatic N) is 2. The molecule has 4 nitrogen and oxygen atoms in total. The van der Waals surface area contributed by atoms with E-state index in [2.05, 4.69) is 20.9 Å². The molecule has 2 heterocycles. The standard InChI is InChI=1S/C6H3BrN2O2S/c7-5-4(6(10)11)9-2-8-1-3(9)12-5/h1-2H,(H,10,11). The van der Waals surface area contributed by atoms with E-state index in [-0.39, 0.29) is 5.69 Å². The van der Waals surface area contributed by atoms with E-state index in [0.717, 1.165) is 4.83 Å². The summed E-state index contributed by atoms with van der Waals surface area (Å²) in [5.74, 6) is -0.953. The fourth-order valence-corrected chi connectivity index (χ4v) is 2.62. The number of hydrogen-bond acceptors (Lipinski definition) is 3. The van der Waals surface area contributed by atoms with E-state index in [1.807, 2.05) is 0 Å². The number of rotatable bonds is 1. The lowest BCUT2D eigenvalue weighted by Gasteiger charge is -1.90. The third kappa shape index (κ3) is 0.953. The summed E-state index contributed by atoms with van der Waals surface area (Å²) < 4.78 is 2.16. The van der Waals surface area contributed by atoms with Gasteiger partial charge in [0.05, 0.1) is 6.20 Å². The number of carboxylic acids is 1. The van der Waals surface area contributed by atoms with Gasteiger partial charge in [0.25, 0.3) is 0 Å². The third-order valence-electron chi connectivity index (χ3n) is 1.43. The number of hydrogen-bond donors (Lipinski definition) is 1. The van der Waals surface area contributed by atoms with Gasteiger partial charge in [-0.25, -0.2) is 9.78 Å². The Hall–Kier alpha value is -0.880. The first-order chi connectivity index (χ1) is 5.70. The van der Waals surface area contributed by atoms with Gasteiger partial charge < -0.3 is 5.11 Å². The second-order valence-electron chi connectivity index (χ2n) is 2.13. The molecular formula is C6H3BrN2O2S. The molecular weight excluding hydrogens is 244 g/mol. The summed E-state index contributed by atoms with van der Waals surface area (Å²) in [6.45, 7) is 0. The highest BCUT2D eigenvalue weighted by Crippen LogP contribution is 2.28. The third-order valence-corrected chi connectivity index (χ3v) is 3.17. The Labute approximate surface area is 79.6 Å². The molecule has 2 aromatic heterocycles. The molecule has 0 unspecified atom stereocenters. The predicted molar refractivity (Wildman–Crippen MR) is 47.7 cm³/mol. The van der Waals surface area contributed by atoms with Gasteiger partial charge in [0, 0.05) is 0 Å². The van der Waals surface area contributed by atoms with Gasteiger partial charge in [-0.1, -0.05) is 0 Å². The average Bonchev–Trinajstić information content (AvgIpc) is 2.44. The van der Waals surface area contributed by atoms with Gasteiger partial charge in [0.15, 0.2) is 5.69 Å². The van der Waals surface area contributed by atoms with Crippen LogP contribution in [0.2, 0.25) is 0 Å². The summed E-state index contributed by atoms with van der Waals surface area (Å²) in [6.07, 6.45) is 3.11. The second-order valence-corrected chi connectivity index (χ2v) is 4.48. The summed E-state index contributed by atoms with van der Waals surface area (Å²) in [4.78, 5) is 15.4. The highest BCUT2D eigenvalue weighted by molar-refractivity contribution is 9.11. The molecule has 0 saturated heterocycles. The normalized spacial score (nSPS) is 10.8. The van der Waals surface area contributed by atoms with Crippen LogP contribution in [0.4, 0.5) is 0 Å². The average molecular weight is 247 g/mol. The van der Waals surface area contributed by atoms with E-state index in [4.69, 9.17) is 5.11 Å². The molecule has 2 aromatic rings. The molecule has 0 bridgehead atoms. The Morgan fingerprint density at radius 3 is 3.17 bits per heavy atom. The Kier molecular flexibility index (Phi) is 1.66. The Balaban J connectivity index is 2.84. The van der Waals surface area contributed by atoms with Crippen molar-refractivity contribution in [2.24, 2.45) is 0 Å². The van der Waals surface area contributed by atoms with Crippen LogP contribution in [0.3, 0.4) is 0 Å². The van der Waals surface area contributed by atoms with Crippen molar-refractivity contribution in [3.8, 4) is 0 Å². The van der Waals surface area contributed by atoms with Crippen molar-refractivity contribution in [3.05, 3.63) is 22.0 Å². The lowest BCUT2D eigenvalue weighted by Crippen LogP contribution is -2.00. The van der Waals surface area contributed by atoms with E-state index in [9.17, 15) is 4.79 Å². The van der Waals surface area contributed by atoms with Crippen LogP contribution in [-0.4, -0.2) is 20.5 Å². The quantitative estimate of drug-likeness (QED) is 0.836. The first-order valence-electron chi connectivity index (χ1n) is 3.04. The van der Waals surface area contributed by atoms with E-state index < -0.39 is 5.97 Å². The molecule has 2 rings (SSSR count). The minimum absolute atomic E-state index is 0.229. The van der Waals surface area contributed by atoms with Crippen LogP contribution in [0, 0.1) is 0 Å². The van der Waals surface area contributed by atoms with Gasteiger partial charge in [0.1, 0.15) is 14.9 Å². The maximum atomic E-state index is 10.7. The largest absolute Gasteiger partial charge is 0.477 e. The first-order valence-corrected chi connectivity index (χ1v) is 4.64. The van der Waals surface area contributed by atoms with Crippen molar-refractivity contribution < 1.29 is 9.90 Å². The molecule has 0 amide bonds. The zero-order chi connectivity index (χ0) is 8.72. The van der Waals surface area contributed by atoms with Crippen LogP contribution in [-0.2, 0) is 0 Å². The molecule has 0 aliphatic rings. The number of halogens is 1. The van der Waals surface area contributed by atoms with E-state index in [0.29, 0.717) is 3.79 Å². The molecule has 0 fully saturated rings. The topological polar surface area (TPSA) is 54.6 Å². The van der Waals surface area contributed by atoms with Crippen molar-refractivity contribution >= 4 is 38.1 Å². The molecule has 0 aliphatic carbocycles. The maximum Gasteiger partial charge on any atom is 0.355 e. The summed E-state index contributed by atoms with van der Waals surface area (Å²) in [5.41, 5.74) is 0.229. The van der Waals surface area contributed by atoms with Crippen LogP contribution >= 0.6 is 27.3 Å². The molecule has 6 heteroatoms. The molecule has 1 N–H and O–H groups in total. The summed E-state index contributed by atoms with van der Waals surface area (Å²) in [6, 6.07) is 0. The molecule has 62 valence electrons. The smallest absolute Gasteiger partial charge is 0.355 e. The zero-order valence-electron chi connectivity index (χ0n) is 5.69. The number of aromatic nitrogens is 2. The van der Waals surface area contributed by atoms with Crippen molar-refractivity contribution in [2.45, 2.75) is 0 Å². The van der Waals surface area contributed by atoms with Gasteiger partial charge in [-0.05, 0) is 15.9 Å². The van der Waals surface area contributed by atoms with Gasteiger partial charge >= 0.3 is 5.97 Å². The minimum atomic E-state index is -0.953. The predicted octanol–water partition coefficient (Wildman–Crippen LogP) is 1.86. The van der Waals surface area contributed by atoms with Crippen molar-refractivity contribution in [1.82, 2.24) is 9.38 Å². The van der Waals surface area contributed by atoms with Crippen molar-refractivity contribution in [2.75, 3.05) is 0 Å². The van der Waals surface area contributed by atoms with E-state index >= 15 is 0 Å². The molecule has 0 aromatic carbocycles. The Morgan fingerprint density at radius 2 is 2.50 bits per heavy atom. The zero-order valence-corrected chi connectivity index (χ0v) is 8.09.